The SMILES string of the molecule is Cc1ccc([N+](=O)[O-])cc1NC(=O)C(=O)NCC(O)c1ccsc1. The van der Waals surface area contributed by atoms with E-state index in [1.54, 1.807) is 23.8 Å². The van der Waals surface area contributed by atoms with Crippen molar-refractivity contribution in [3.63, 3.8) is 0 Å². The van der Waals surface area contributed by atoms with Gasteiger partial charge >= 0.3 is 11.8 Å². The first-order valence-electron chi connectivity index (χ1n) is 6.93. The zero-order chi connectivity index (χ0) is 17.7. The molecular weight excluding hydrogens is 334 g/mol. The van der Waals surface area contributed by atoms with Crippen molar-refractivity contribution in [3.8, 4) is 0 Å². The van der Waals surface area contributed by atoms with E-state index in [9.17, 15) is 24.8 Å². The van der Waals surface area contributed by atoms with E-state index in [0.29, 0.717) is 11.1 Å². The van der Waals surface area contributed by atoms with Crippen LogP contribution in [0.5, 0.6) is 0 Å². The lowest BCUT2D eigenvalue weighted by Crippen LogP contribution is -2.37. The number of nitrogens with zero attached hydrogens (tertiary/aromatic N) is 1. The normalized spacial score (nSPS) is 11.6. The molecule has 2 amide bonds. The van der Waals surface area contributed by atoms with Gasteiger partial charge in [0.05, 0.1) is 16.7 Å². The van der Waals surface area contributed by atoms with E-state index in [0.717, 1.165) is 0 Å². The first-order valence-corrected chi connectivity index (χ1v) is 7.87. The zero-order valence-corrected chi connectivity index (χ0v) is 13.5. The molecule has 1 aromatic heterocycles. The molecule has 1 aromatic carbocycles. The van der Waals surface area contributed by atoms with Crippen LogP contribution >= 0.6 is 11.3 Å². The van der Waals surface area contributed by atoms with E-state index in [-0.39, 0.29) is 17.9 Å². The molecule has 0 spiro atoms. The largest absolute Gasteiger partial charge is 0.387 e. The van der Waals surface area contributed by atoms with Crippen LogP contribution in [0.15, 0.2) is 35.0 Å². The van der Waals surface area contributed by atoms with Crippen LogP contribution in [0.4, 0.5) is 11.4 Å². The molecule has 0 aliphatic rings. The summed E-state index contributed by atoms with van der Waals surface area (Å²) in [6, 6.07) is 5.68. The zero-order valence-electron chi connectivity index (χ0n) is 12.7. The highest BCUT2D eigenvalue weighted by atomic mass is 32.1. The third kappa shape index (κ3) is 4.37. The van der Waals surface area contributed by atoms with Gasteiger partial charge in [0.25, 0.3) is 5.69 Å². The summed E-state index contributed by atoms with van der Waals surface area (Å²) >= 11 is 1.41. The van der Waals surface area contributed by atoms with Gasteiger partial charge in [-0.2, -0.15) is 11.3 Å². The molecular formula is C15H15N3O5S. The molecule has 0 radical (unpaired) electrons. The molecule has 1 heterocycles. The summed E-state index contributed by atoms with van der Waals surface area (Å²) in [5.74, 6) is -1.90. The van der Waals surface area contributed by atoms with Crippen molar-refractivity contribution < 1.29 is 19.6 Å². The fourth-order valence-corrected chi connectivity index (χ4v) is 2.60. The molecule has 8 nitrogen and oxygen atoms in total. The Morgan fingerprint density at radius 3 is 2.71 bits per heavy atom. The number of hydrogen-bond donors (Lipinski definition) is 3. The third-order valence-electron chi connectivity index (χ3n) is 3.27. The van der Waals surface area contributed by atoms with E-state index in [2.05, 4.69) is 10.6 Å². The van der Waals surface area contributed by atoms with Crippen LogP contribution in [0.2, 0.25) is 0 Å². The summed E-state index contributed by atoms with van der Waals surface area (Å²) in [5, 5.41) is 28.8. The topological polar surface area (TPSA) is 122 Å². The van der Waals surface area contributed by atoms with E-state index >= 15 is 0 Å². The van der Waals surface area contributed by atoms with E-state index in [1.807, 2.05) is 0 Å². The molecule has 2 rings (SSSR count). The number of benzene rings is 1. The van der Waals surface area contributed by atoms with E-state index in [4.69, 9.17) is 0 Å². The first kappa shape index (κ1) is 17.6. The van der Waals surface area contributed by atoms with Crippen LogP contribution in [-0.2, 0) is 9.59 Å². The second-order valence-corrected chi connectivity index (χ2v) is 5.77. The van der Waals surface area contributed by atoms with Crippen LogP contribution < -0.4 is 10.6 Å². The van der Waals surface area contributed by atoms with Gasteiger partial charge in [0.2, 0.25) is 0 Å². The van der Waals surface area contributed by atoms with Crippen LogP contribution in [-0.4, -0.2) is 28.4 Å². The lowest BCUT2D eigenvalue weighted by Gasteiger charge is -2.11. The van der Waals surface area contributed by atoms with Crippen LogP contribution in [0, 0.1) is 17.0 Å². The predicted octanol–water partition coefficient (Wildman–Crippen LogP) is 1.75. The third-order valence-corrected chi connectivity index (χ3v) is 3.97. The van der Waals surface area contributed by atoms with Gasteiger partial charge in [-0.3, -0.25) is 19.7 Å². The maximum atomic E-state index is 11.9. The van der Waals surface area contributed by atoms with Crippen molar-refractivity contribution in [2.75, 3.05) is 11.9 Å². The van der Waals surface area contributed by atoms with E-state index in [1.165, 1.54) is 29.5 Å². The smallest absolute Gasteiger partial charge is 0.313 e. The Hall–Kier alpha value is -2.78. The number of carbonyl (C=O) groups excluding carboxylic acids is 2. The molecule has 1 unspecified atom stereocenters. The summed E-state index contributed by atoms with van der Waals surface area (Å²) in [5.41, 5.74) is 1.22. The number of hydrogen-bond acceptors (Lipinski definition) is 6. The number of thiophene rings is 1. The molecule has 3 N–H and O–H groups in total. The average molecular weight is 349 g/mol. The molecule has 0 bridgehead atoms. The number of aryl methyl sites for hydroxylation is 1. The lowest BCUT2D eigenvalue weighted by molar-refractivity contribution is -0.384. The van der Waals surface area contributed by atoms with Crippen molar-refractivity contribution in [2.24, 2.45) is 0 Å². The van der Waals surface area contributed by atoms with Gasteiger partial charge in [-0.05, 0) is 34.9 Å². The fourth-order valence-electron chi connectivity index (χ4n) is 1.89. The molecule has 24 heavy (non-hydrogen) atoms. The number of amides is 2. The van der Waals surface area contributed by atoms with Gasteiger partial charge in [-0.25, -0.2) is 0 Å². The minimum Gasteiger partial charge on any atom is -0.387 e. The van der Waals surface area contributed by atoms with Crippen molar-refractivity contribution in [1.29, 1.82) is 0 Å². The van der Waals surface area contributed by atoms with Gasteiger partial charge in [0.15, 0.2) is 0 Å². The molecule has 126 valence electrons. The number of nitrogens with one attached hydrogen (secondary N) is 2. The minimum atomic E-state index is -0.962. The molecule has 2 aromatic rings. The lowest BCUT2D eigenvalue weighted by atomic mass is 10.2. The van der Waals surface area contributed by atoms with Gasteiger partial charge in [0, 0.05) is 18.7 Å². The Kier molecular flexibility index (Phi) is 5.61. The fraction of sp³-hybridized carbons (Fsp3) is 0.200. The molecule has 1 atom stereocenters. The average Bonchev–Trinajstić information content (AvgIpc) is 3.08. The number of aliphatic hydroxyl groups is 1. The summed E-state index contributed by atoms with van der Waals surface area (Å²) in [6.07, 6.45) is -0.910. The summed E-state index contributed by atoms with van der Waals surface area (Å²) in [7, 11) is 0. The Bertz CT molecular complexity index is 760. The molecule has 9 heteroatoms. The maximum absolute atomic E-state index is 11.9. The molecule has 0 saturated heterocycles. The first-order chi connectivity index (χ1) is 11.4. The molecule has 0 saturated carbocycles. The second-order valence-electron chi connectivity index (χ2n) is 4.99. The summed E-state index contributed by atoms with van der Waals surface area (Å²) in [4.78, 5) is 33.8. The number of aliphatic hydroxyl groups excluding tert-OH is 1. The standard InChI is InChI=1S/C15H15N3O5S/c1-9-2-3-11(18(22)23)6-12(9)17-15(21)14(20)16-7-13(19)10-4-5-24-8-10/h2-6,8,13,19H,7H2,1H3,(H,16,20)(H,17,21). The highest BCUT2D eigenvalue weighted by Gasteiger charge is 2.18. The minimum absolute atomic E-state index is 0.114. The predicted molar refractivity (Wildman–Crippen MR) is 88.8 cm³/mol. The summed E-state index contributed by atoms with van der Waals surface area (Å²) < 4.78 is 0. The highest BCUT2D eigenvalue weighted by molar-refractivity contribution is 7.07. The van der Waals surface area contributed by atoms with Crippen molar-refractivity contribution in [3.05, 3.63) is 56.3 Å². The number of carbonyl (C=O) groups is 2. The van der Waals surface area contributed by atoms with Gasteiger partial charge in [-0.1, -0.05) is 6.07 Å². The number of non-ortho nitro benzene ring substituents is 1. The maximum Gasteiger partial charge on any atom is 0.313 e. The van der Waals surface area contributed by atoms with Crippen molar-refractivity contribution in [1.82, 2.24) is 5.32 Å². The molecule has 0 aliphatic carbocycles. The van der Waals surface area contributed by atoms with Crippen molar-refractivity contribution >= 4 is 34.5 Å². The van der Waals surface area contributed by atoms with Crippen LogP contribution in [0.25, 0.3) is 0 Å². The summed E-state index contributed by atoms with van der Waals surface area (Å²) in [6.45, 7) is 1.54. The number of anilines is 1. The monoisotopic (exact) mass is 349 g/mol. The number of rotatable bonds is 5. The quantitative estimate of drug-likeness (QED) is 0.431. The van der Waals surface area contributed by atoms with Gasteiger partial charge in [0.1, 0.15) is 0 Å². The van der Waals surface area contributed by atoms with Crippen molar-refractivity contribution in [2.45, 2.75) is 13.0 Å². The Morgan fingerprint density at radius 1 is 1.33 bits per heavy atom. The Balaban J connectivity index is 1.95. The van der Waals surface area contributed by atoms with Gasteiger partial charge in [-0.15, -0.1) is 0 Å². The van der Waals surface area contributed by atoms with Crippen LogP contribution in [0.3, 0.4) is 0 Å². The molecule has 0 fully saturated rings. The van der Waals surface area contributed by atoms with Gasteiger partial charge < -0.3 is 15.7 Å². The van der Waals surface area contributed by atoms with Crippen LogP contribution in [0.1, 0.15) is 17.2 Å². The number of nitro benzene ring substituents is 1. The van der Waals surface area contributed by atoms with E-state index < -0.39 is 22.8 Å². The second kappa shape index (κ2) is 7.66. The number of nitro groups is 1. The highest BCUT2D eigenvalue weighted by Crippen LogP contribution is 2.21. The Morgan fingerprint density at radius 2 is 2.08 bits per heavy atom. The molecule has 0 aliphatic heterocycles. The Labute approximate surface area is 141 Å².